The summed E-state index contributed by atoms with van der Waals surface area (Å²) in [5.41, 5.74) is 0. The molecule has 1 saturated heterocycles. The third-order valence-corrected chi connectivity index (χ3v) is 3.68. The van der Waals surface area contributed by atoms with Gasteiger partial charge in [0.1, 0.15) is 6.04 Å². The highest BCUT2D eigenvalue weighted by Crippen LogP contribution is 2.29. The Morgan fingerprint density at radius 3 is 2.65 bits per heavy atom. The number of thioether (sulfide) groups is 1. The highest BCUT2D eigenvalue weighted by Gasteiger charge is 2.40. The van der Waals surface area contributed by atoms with E-state index >= 15 is 0 Å². The number of amides is 2. The molecule has 0 spiro atoms. The van der Waals surface area contributed by atoms with Gasteiger partial charge < -0.3 is 10.0 Å². The van der Waals surface area contributed by atoms with E-state index in [2.05, 4.69) is 0 Å². The lowest BCUT2D eigenvalue weighted by Gasteiger charge is -2.29. The Morgan fingerprint density at radius 2 is 2.18 bits per heavy atom. The van der Waals surface area contributed by atoms with Crippen molar-refractivity contribution < 1.29 is 23.5 Å². The van der Waals surface area contributed by atoms with Crippen molar-refractivity contribution in [1.82, 2.24) is 9.80 Å². The first-order valence-electron chi connectivity index (χ1n) is 5.00. The van der Waals surface area contributed by atoms with Crippen LogP contribution >= 0.6 is 11.8 Å². The quantitative estimate of drug-likeness (QED) is 0.834. The van der Waals surface area contributed by atoms with Crippen LogP contribution in [0.5, 0.6) is 0 Å². The summed E-state index contributed by atoms with van der Waals surface area (Å²) in [7, 11) is 1.24. The number of halogens is 2. The van der Waals surface area contributed by atoms with E-state index in [-0.39, 0.29) is 11.1 Å². The SMILES string of the molecule is CC1SCC(C(=O)O)N1C(=O)N(C)CC(F)F. The Balaban J connectivity index is 2.74. The van der Waals surface area contributed by atoms with Gasteiger partial charge in [0.05, 0.1) is 11.9 Å². The number of carbonyl (C=O) groups excluding carboxylic acids is 1. The molecule has 1 fully saturated rings. The van der Waals surface area contributed by atoms with Crippen molar-refractivity contribution in [1.29, 1.82) is 0 Å². The summed E-state index contributed by atoms with van der Waals surface area (Å²) in [6.07, 6.45) is -2.63. The predicted molar refractivity (Wildman–Crippen MR) is 59.2 cm³/mol. The molecule has 1 aliphatic rings. The lowest BCUT2D eigenvalue weighted by molar-refractivity contribution is -0.141. The third kappa shape index (κ3) is 3.21. The van der Waals surface area contributed by atoms with Crippen molar-refractivity contribution >= 4 is 23.8 Å². The van der Waals surface area contributed by atoms with Gasteiger partial charge in [0.2, 0.25) is 0 Å². The number of hydrogen-bond donors (Lipinski definition) is 1. The molecule has 0 aromatic carbocycles. The number of alkyl halides is 2. The van der Waals surface area contributed by atoms with E-state index in [1.807, 2.05) is 0 Å². The average molecular weight is 268 g/mol. The first kappa shape index (κ1) is 14.0. The van der Waals surface area contributed by atoms with E-state index in [9.17, 15) is 18.4 Å². The molecule has 1 aliphatic heterocycles. The zero-order valence-electron chi connectivity index (χ0n) is 9.47. The standard InChI is InChI=1S/C9H14F2N2O3S/c1-5-13(6(4-17-5)8(14)15)9(16)12(2)3-7(10)11/h5-7H,3-4H2,1-2H3,(H,14,15). The number of carboxylic acid groups (broad SMARTS) is 1. The van der Waals surface area contributed by atoms with Gasteiger partial charge in [0.25, 0.3) is 6.43 Å². The molecule has 2 amide bonds. The monoisotopic (exact) mass is 268 g/mol. The van der Waals surface area contributed by atoms with Crippen LogP contribution in [0.3, 0.4) is 0 Å². The fourth-order valence-corrected chi connectivity index (χ4v) is 2.77. The smallest absolute Gasteiger partial charge is 0.327 e. The molecule has 8 heteroatoms. The van der Waals surface area contributed by atoms with Gasteiger partial charge in [-0.05, 0) is 6.92 Å². The van der Waals surface area contributed by atoms with E-state index in [1.165, 1.54) is 18.8 Å². The van der Waals surface area contributed by atoms with Crippen molar-refractivity contribution in [3.05, 3.63) is 0 Å². The number of urea groups is 1. The molecule has 0 radical (unpaired) electrons. The van der Waals surface area contributed by atoms with Gasteiger partial charge in [0.15, 0.2) is 0 Å². The van der Waals surface area contributed by atoms with Gasteiger partial charge in [-0.1, -0.05) is 0 Å². The number of rotatable bonds is 3. The van der Waals surface area contributed by atoms with Crippen molar-refractivity contribution in [3.8, 4) is 0 Å². The van der Waals surface area contributed by atoms with Crippen molar-refractivity contribution in [2.75, 3.05) is 19.3 Å². The normalized spacial score (nSPS) is 24.2. The first-order valence-corrected chi connectivity index (χ1v) is 6.05. The van der Waals surface area contributed by atoms with Crippen LogP contribution < -0.4 is 0 Å². The Morgan fingerprint density at radius 1 is 1.59 bits per heavy atom. The molecular formula is C9H14F2N2O3S. The Labute approximate surface area is 102 Å². The predicted octanol–water partition coefficient (Wildman–Crippen LogP) is 1.15. The summed E-state index contributed by atoms with van der Waals surface area (Å²) in [5.74, 6) is -0.828. The van der Waals surface area contributed by atoms with E-state index in [0.717, 1.165) is 9.80 Å². The molecule has 98 valence electrons. The van der Waals surface area contributed by atoms with Gasteiger partial charge in [-0.3, -0.25) is 4.90 Å². The van der Waals surface area contributed by atoms with Crippen LogP contribution in [0.15, 0.2) is 0 Å². The summed E-state index contributed by atoms with van der Waals surface area (Å²) < 4.78 is 24.3. The number of nitrogens with zero attached hydrogens (tertiary/aromatic N) is 2. The molecule has 0 aliphatic carbocycles. The Bertz CT molecular complexity index is 317. The van der Waals surface area contributed by atoms with E-state index in [4.69, 9.17) is 5.11 Å². The van der Waals surface area contributed by atoms with Crippen LogP contribution in [0.1, 0.15) is 6.92 Å². The van der Waals surface area contributed by atoms with Crippen LogP contribution in [-0.4, -0.2) is 64.1 Å². The maximum Gasteiger partial charge on any atom is 0.327 e. The molecule has 0 saturated carbocycles. The molecule has 1 heterocycles. The highest BCUT2D eigenvalue weighted by molar-refractivity contribution is 8.00. The summed E-state index contributed by atoms with van der Waals surface area (Å²) >= 11 is 1.32. The summed E-state index contributed by atoms with van der Waals surface area (Å²) in [6.45, 7) is 0.987. The second kappa shape index (κ2) is 5.52. The van der Waals surface area contributed by atoms with Crippen LogP contribution in [0.4, 0.5) is 13.6 Å². The molecule has 0 aromatic heterocycles. The average Bonchev–Trinajstić information content (AvgIpc) is 2.58. The van der Waals surface area contributed by atoms with Crippen molar-refractivity contribution in [2.45, 2.75) is 24.8 Å². The minimum atomic E-state index is -2.63. The van der Waals surface area contributed by atoms with E-state index < -0.39 is 31.0 Å². The zero-order valence-corrected chi connectivity index (χ0v) is 10.3. The molecule has 2 unspecified atom stereocenters. The summed E-state index contributed by atoms with van der Waals surface area (Å²) in [6, 6.07) is -1.61. The van der Waals surface area contributed by atoms with Crippen LogP contribution in [0, 0.1) is 0 Å². The number of carboxylic acids is 1. The van der Waals surface area contributed by atoms with Crippen LogP contribution in [0.25, 0.3) is 0 Å². The second-order valence-electron chi connectivity index (χ2n) is 3.75. The molecule has 17 heavy (non-hydrogen) atoms. The first-order chi connectivity index (χ1) is 7.84. The van der Waals surface area contributed by atoms with Gasteiger partial charge in [0, 0.05) is 12.8 Å². The fourth-order valence-electron chi connectivity index (χ4n) is 1.61. The van der Waals surface area contributed by atoms with Crippen LogP contribution in [-0.2, 0) is 4.79 Å². The third-order valence-electron chi connectivity index (χ3n) is 2.47. The summed E-state index contributed by atoms with van der Waals surface area (Å²) in [4.78, 5) is 24.8. The van der Waals surface area contributed by atoms with Crippen LogP contribution in [0.2, 0.25) is 0 Å². The lowest BCUT2D eigenvalue weighted by Crippen LogP contribution is -2.50. The van der Waals surface area contributed by atoms with E-state index in [1.54, 1.807) is 6.92 Å². The molecule has 2 atom stereocenters. The maximum absolute atomic E-state index is 12.2. The van der Waals surface area contributed by atoms with Gasteiger partial charge in [-0.2, -0.15) is 0 Å². The van der Waals surface area contributed by atoms with Crippen molar-refractivity contribution in [2.24, 2.45) is 0 Å². The van der Waals surface area contributed by atoms with E-state index in [0.29, 0.717) is 0 Å². The van der Waals surface area contributed by atoms with Crippen molar-refractivity contribution in [3.63, 3.8) is 0 Å². The number of carbonyl (C=O) groups is 2. The highest BCUT2D eigenvalue weighted by atomic mass is 32.2. The largest absolute Gasteiger partial charge is 0.480 e. The number of aliphatic carboxylic acids is 1. The fraction of sp³-hybridized carbons (Fsp3) is 0.778. The minimum absolute atomic E-state index is 0.282. The molecule has 1 rings (SSSR count). The molecule has 0 aromatic rings. The maximum atomic E-state index is 12.2. The summed E-state index contributed by atoms with van der Waals surface area (Å²) in [5, 5.41) is 8.62. The Kier molecular flexibility index (Phi) is 4.55. The van der Waals surface area contributed by atoms with Gasteiger partial charge in [-0.25, -0.2) is 18.4 Å². The molecule has 5 nitrogen and oxygen atoms in total. The van der Waals surface area contributed by atoms with Gasteiger partial charge in [-0.15, -0.1) is 11.8 Å². The molecule has 0 bridgehead atoms. The number of hydrogen-bond acceptors (Lipinski definition) is 3. The second-order valence-corrected chi connectivity index (χ2v) is 5.10. The minimum Gasteiger partial charge on any atom is -0.480 e. The Hall–Kier alpha value is -1.05. The molecular weight excluding hydrogens is 254 g/mol. The zero-order chi connectivity index (χ0) is 13.2. The lowest BCUT2D eigenvalue weighted by atomic mass is 10.3. The molecule has 1 N–H and O–H groups in total. The topological polar surface area (TPSA) is 60.9 Å². The van der Waals surface area contributed by atoms with Gasteiger partial charge >= 0.3 is 12.0 Å².